The number of carbonyl (C=O) groups excluding carboxylic acids is 1. The lowest BCUT2D eigenvalue weighted by Crippen LogP contribution is -2.50. The number of ether oxygens (including phenoxy) is 2. The number of aryl methyl sites for hydroxylation is 1. The molecule has 2 aromatic rings. The smallest absolute Gasteiger partial charge is 0.322 e. The molecule has 0 aliphatic carbocycles. The summed E-state index contributed by atoms with van der Waals surface area (Å²) >= 11 is 0. The van der Waals surface area contributed by atoms with Crippen LogP contribution in [0, 0.1) is 6.92 Å². The molecule has 34 heavy (non-hydrogen) atoms. The van der Waals surface area contributed by atoms with Crippen molar-refractivity contribution in [3.8, 4) is 5.75 Å². The average Bonchev–Trinajstić information content (AvgIpc) is 3.47. The van der Waals surface area contributed by atoms with E-state index < -0.39 is 0 Å². The van der Waals surface area contributed by atoms with Crippen molar-refractivity contribution in [2.24, 2.45) is 0 Å². The Morgan fingerprint density at radius 2 is 1.85 bits per heavy atom. The van der Waals surface area contributed by atoms with E-state index in [9.17, 15) is 4.79 Å². The molecule has 3 aliphatic rings. The Morgan fingerprint density at radius 1 is 1.09 bits per heavy atom. The Bertz CT molecular complexity index is 976. The van der Waals surface area contributed by atoms with Gasteiger partial charge in [-0.3, -0.25) is 9.80 Å². The van der Waals surface area contributed by atoms with Gasteiger partial charge < -0.3 is 19.7 Å². The van der Waals surface area contributed by atoms with Gasteiger partial charge in [0.2, 0.25) is 0 Å². The molecule has 2 bridgehead atoms. The van der Waals surface area contributed by atoms with Crippen molar-refractivity contribution in [2.45, 2.75) is 38.4 Å². The Kier molecular flexibility index (Phi) is 7.04. The summed E-state index contributed by atoms with van der Waals surface area (Å²) in [6.07, 6.45) is 1.06. The Morgan fingerprint density at radius 3 is 2.56 bits per heavy atom. The normalized spacial score (nSPS) is 23.8. The number of benzene rings is 2. The van der Waals surface area contributed by atoms with Crippen LogP contribution in [0.5, 0.6) is 5.75 Å². The quantitative estimate of drug-likeness (QED) is 0.676. The summed E-state index contributed by atoms with van der Waals surface area (Å²) in [5, 5.41) is 3.08. The Balaban J connectivity index is 1.09. The Hall–Kier alpha value is -2.61. The molecular formula is C27H36N4O3. The molecule has 2 aromatic carbocycles. The van der Waals surface area contributed by atoms with E-state index in [-0.39, 0.29) is 12.1 Å². The molecule has 5 rings (SSSR count). The van der Waals surface area contributed by atoms with Gasteiger partial charge in [0.05, 0.1) is 13.2 Å². The molecule has 182 valence electrons. The first-order valence-electron chi connectivity index (χ1n) is 12.5. The van der Waals surface area contributed by atoms with E-state index in [4.69, 9.17) is 9.47 Å². The molecule has 7 heteroatoms. The van der Waals surface area contributed by atoms with E-state index >= 15 is 0 Å². The zero-order valence-corrected chi connectivity index (χ0v) is 20.3. The van der Waals surface area contributed by atoms with Crippen LogP contribution in [-0.4, -0.2) is 85.4 Å². The van der Waals surface area contributed by atoms with Gasteiger partial charge in [-0.1, -0.05) is 24.3 Å². The average molecular weight is 465 g/mol. The van der Waals surface area contributed by atoms with E-state index in [2.05, 4.69) is 53.2 Å². The lowest BCUT2D eigenvalue weighted by atomic mass is 10.0. The molecule has 3 saturated heterocycles. The lowest BCUT2D eigenvalue weighted by Gasteiger charge is -2.38. The third-order valence-electron chi connectivity index (χ3n) is 7.57. The molecule has 0 spiro atoms. The fourth-order valence-corrected chi connectivity index (χ4v) is 5.60. The second-order valence-corrected chi connectivity index (χ2v) is 9.68. The first kappa shape index (κ1) is 23.1. The number of amides is 2. The third-order valence-corrected chi connectivity index (χ3v) is 7.57. The van der Waals surface area contributed by atoms with Crippen LogP contribution in [0.25, 0.3) is 0 Å². The van der Waals surface area contributed by atoms with E-state index in [0.717, 1.165) is 63.8 Å². The number of rotatable bonds is 7. The van der Waals surface area contributed by atoms with Crippen LogP contribution in [-0.2, 0) is 4.74 Å². The highest BCUT2D eigenvalue weighted by Crippen LogP contribution is 2.37. The first-order chi connectivity index (χ1) is 16.6. The minimum Gasteiger partial charge on any atom is -0.492 e. The van der Waals surface area contributed by atoms with Gasteiger partial charge >= 0.3 is 6.03 Å². The zero-order valence-electron chi connectivity index (χ0n) is 20.3. The van der Waals surface area contributed by atoms with Crippen LogP contribution in [0.4, 0.5) is 10.5 Å². The number of fused-ring (bicyclic) bond motifs is 2. The van der Waals surface area contributed by atoms with Crippen molar-refractivity contribution in [3.05, 3.63) is 59.7 Å². The molecule has 0 saturated carbocycles. The summed E-state index contributed by atoms with van der Waals surface area (Å²) in [6.45, 7) is 11.3. The summed E-state index contributed by atoms with van der Waals surface area (Å²) < 4.78 is 11.3. The summed E-state index contributed by atoms with van der Waals surface area (Å²) in [4.78, 5) is 19.9. The largest absolute Gasteiger partial charge is 0.492 e. The highest BCUT2D eigenvalue weighted by atomic mass is 16.5. The van der Waals surface area contributed by atoms with Gasteiger partial charge in [-0.05, 0) is 55.7 Å². The van der Waals surface area contributed by atoms with Gasteiger partial charge in [0, 0.05) is 56.5 Å². The zero-order chi connectivity index (χ0) is 23.5. The summed E-state index contributed by atoms with van der Waals surface area (Å²) in [6, 6.07) is 17.4. The van der Waals surface area contributed by atoms with E-state index in [1.807, 2.05) is 29.2 Å². The van der Waals surface area contributed by atoms with Gasteiger partial charge in [0.25, 0.3) is 0 Å². The van der Waals surface area contributed by atoms with Crippen LogP contribution in [0.3, 0.4) is 0 Å². The van der Waals surface area contributed by atoms with E-state index in [1.54, 1.807) is 0 Å². The van der Waals surface area contributed by atoms with Crippen molar-refractivity contribution in [3.63, 3.8) is 0 Å². The molecule has 2 amide bonds. The summed E-state index contributed by atoms with van der Waals surface area (Å²) in [5.41, 5.74) is 3.53. The fraction of sp³-hybridized carbons (Fsp3) is 0.519. The van der Waals surface area contributed by atoms with Crippen LogP contribution in [0.1, 0.15) is 30.5 Å². The van der Waals surface area contributed by atoms with Crippen LogP contribution in [0.15, 0.2) is 48.5 Å². The highest BCUT2D eigenvalue weighted by molar-refractivity contribution is 5.90. The molecule has 1 N–H and O–H groups in total. The summed E-state index contributed by atoms with van der Waals surface area (Å²) in [5.74, 6) is 0.826. The minimum atomic E-state index is -0.00307. The topological polar surface area (TPSA) is 57.3 Å². The van der Waals surface area contributed by atoms with Gasteiger partial charge in [-0.15, -0.1) is 0 Å². The molecule has 7 nitrogen and oxygen atoms in total. The number of piperazine rings is 1. The Labute approximate surface area is 202 Å². The molecule has 3 fully saturated rings. The standard InChI is InChI=1S/C27H36N4O3/c1-20-5-3-4-6-26(20)21(2)30-18-24-17-23(30)19-31(24)27(32)28-22-7-9-25(10-8-22)34-16-13-29-11-14-33-15-12-29/h3-10,21,23-24H,11-19H2,1-2H3,(H,28,32). The molecule has 3 unspecified atom stereocenters. The SMILES string of the molecule is Cc1ccccc1C(C)N1CC2CC1CN2C(=O)Nc1ccc(OCCN2CCOCC2)cc1. The molecule has 0 radical (unpaired) electrons. The van der Waals surface area contributed by atoms with E-state index in [0.29, 0.717) is 18.7 Å². The van der Waals surface area contributed by atoms with Crippen molar-refractivity contribution in [1.82, 2.24) is 14.7 Å². The first-order valence-corrected chi connectivity index (χ1v) is 12.5. The molecular weight excluding hydrogens is 428 g/mol. The van der Waals surface area contributed by atoms with Crippen molar-refractivity contribution in [2.75, 3.05) is 57.9 Å². The number of urea groups is 1. The molecule has 3 aliphatic heterocycles. The maximum absolute atomic E-state index is 13.0. The second-order valence-electron chi connectivity index (χ2n) is 9.68. The number of hydrogen-bond acceptors (Lipinski definition) is 5. The number of hydrogen-bond donors (Lipinski definition) is 1. The molecule has 3 heterocycles. The number of anilines is 1. The third kappa shape index (κ3) is 5.06. The van der Waals surface area contributed by atoms with Gasteiger partial charge in [0.1, 0.15) is 12.4 Å². The van der Waals surface area contributed by atoms with E-state index in [1.165, 1.54) is 11.1 Å². The number of carbonyl (C=O) groups is 1. The monoisotopic (exact) mass is 464 g/mol. The van der Waals surface area contributed by atoms with Crippen LogP contribution >= 0.6 is 0 Å². The minimum absolute atomic E-state index is 0.00307. The predicted molar refractivity (Wildman–Crippen MR) is 133 cm³/mol. The number of likely N-dealkylation sites (tertiary alicyclic amines) is 2. The maximum atomic E-state index is 13.0. The maximum Gasteiger partial charge on any atom is 0.322 e. The van der Waals surface area contributed by atoms with Gasteiger partial charge in [-0.25, -0.2) is 4.79 Å². The van der Waals surface area contributed by atoms with Gasteiger partial charge in [-0.2, -0.15) is 0 Å². The van der Waals surface area contributed by atoms with Crippen molar-refractivity contribution in [1.29, 1.82) is 0 Å². The van der Waals surface area contributed by atoms with Crippen molar-refractivity contribution < 1.29 is 14.3 Å². The number of nitrogens with one attached hydrogen (secondary N) is 1. The molecule has 3 atom stereocenters. The highest BCUT2D eigenvalue weighted by Gasteiger charge is 2.46. The number of morpholine rings is 1. The molecule has 0 aromatic heterocycles. The second kappa shape index (κ2) is 10.3. The lowest BCUT2D eigenvalue weighted by molar-refractivity contribution is 0.0322. The fourth-order valence-electron chi connectivity index (χ4n) is 5.60. The predicted octanol–water partition coefficient (Wildman–Crippen LogP) is 3.76. The van der Waals surface area contributed by atoms with Crippen molar-refractivity contribution >= 4 is 11.7 Å². The summed E-state index contributed by atoms with van der Waals surface area (Å²) in [7, 11) is 0. The van der Waals surface area contributed by atoms with Crippen LogP contribution in [0.2, 0.25) is 0 Å². The van der Waals surface area contributed by atoms with Gasteiger partial charge in [0.15, 0.2) is 0 Å². The number of nitrogens with zero attached hydrogens (tertiary/aromatic N) is 3. The van der Waals surface area contributed by atoms with Crippen LogP contribution < -0.4 is 10.1 Å².